The number of benzene rings is 2. The summed E-state index contributed by atoms with van der Waals surface area (Å²) in [5, 5.41) is 0.583. The highest BCUT2D eigenvalue weighted by atomic mass is 32.2. The number of Topliss-reactive ketones (excluding diaryl/α,β-unsaturated/α-hetero) is 1. The molecule has 144 valence electrons. The van der Waals surface area contributed by atoms with Crippen molar-refractivity contribution in [2.24, 2.45) is 0 Å². The molecule has 3 aromatic rings. The normalized spacial score (nSPS) is 13.5. The number of alkyl halides is 3. The molecule has 28 heavy (non-hydrogen) atoms. The summed E-state index contributed by atoms with van der Waals surface area (Å²) >= 11 is 0.948. The second kappa shape index (κ2) is 7.31. The van der Waals surface area contributed by atoms with Gasteiger partial charge in [-0.15, -0.1) is 0 Å². The van der Waals surface area contributed by atoms with Crippen molar-refractivity contribution in [1.29, 1.82) is 0 Å². The molecule has 0 amide bonds. The van der Waals surface area contributed by atoms with E-state index in [2.05, 4.69) is 9.97 Å². The van der Waals surface area contributed by atoms with Crippen LogP contribution in [-0.2, 0) is 6.18 Å². The summed E-state index contributed by atoms with van der Waals surface area (Å²) in [5.74, 6) is -0.502. The molecule has 0 spiro atoms. The van der Waals surface area contributed by atoms with Crippen molar-refractivity contribution < 1.29 is 27.4 Å². The monoisotopic (exact) mass is 406 g/mol. The summed E-state index contributed by atoms with van der Waals surface area (Å²) < 4.78 is 50.2. The molecule has 4 rings (SSSR count). The number of thioether (sulfide) groups is 1. The lowest BCUT2D eigenvalue weighted by Crippen LogP contribution is -2.16. The van der Waals surface area contributed by atoms with Gasteiger partial charge >= 0.3 is 6.18 Å². The molecule has 0 saturated carbocycles. The molecular weight excluding hydrogens is 393 g/mol. The van der Waals surface area contributed by atoms with E-state index >= 15 is 0 Å². The first-order valence-corrected chi connectivity index (χ1v) is 9.30. The van der Waals surface area contributed by atoms with Crippen LogP contribution in [0.3, 0.4) is 0 Å². The van der Waals surface area contributed by atoms with Gasteiger partial charge in [0.1, 0.15) is 18.2 Å². The number of nitrogens with zero attached hydrogens (tertiary/aromatic N) is 2. The molecule has 9 heteroatoms. The van der Waals surface area contributed by atoms with E-state index in [9.17, 15) is 18.0 Å². The fourth-order valence-corrected chi connectivity index (χ4v) is 3.63. The summed E-state index contributed by atoms with van der Waals surface area (Å²) in [6.07, 6.45) is -4.67. The maximum atomic E-state index is 13.1. The van der Waals surface area contributed by atoms with Gasteiger partial charge in [-0.3, -0.25) is 4.79 Å². The third kappa shape index (κ3) is 3.75. The number of hydrogen-bond donors (Lipinski definition) is 0. The lowest BCUT2D eigenvalue weighted by atomic mass is 10.1. The van der Waals surface area contributed by atoms with Crippen molar-refractivity contribution in [3.63, 3.8) is 0 Å². The first kappa shape index (κ1) is 18.5. The Labute approximate surface area is 161 Å². The van der Waals surface area contributed by atoms with Gasteiger partial charge in [0.25, 0.3) is 0 Å². The number of ether oxygens (including phenoxy) is 2. The zero-order valence-corrected chi connectivity index (χ0v) is 15.1. The molecule has 0 N–H and O–H groups in total. The highest BCUT2D eigenvalue weighted by molar-refractivity contribution is 8.00. The van der Waals surface area contributed by atoms with E-state index in [0.717, 1.165) is 11.8 Å². The molecule has 0 bridgehead atoms. The number of halogens is 3. The van der Waals surface area contributed by atoms with Crippen LogP contribution in [0, 0.1) is 0 Å². The van der Waals surface area contributed by atoms with Crippen molar-refractivity contribution in [2.45, 2.75) is 11.2 Å². The quantitative estimate of drug-likeness (QED) is 0.364. The van der Waals surface area contributed by atoms with Gasteiger partial charge in [-0.05, 0) is 24.3 Å². The average molecular weight is 406 g/mol. The molecule has 0 saturated heterocycles. The molecule has 0 atom stereocenters. The van der Waals surface area contributed by atoms with Gasteiger partial charge in [0.05, 0.1) is 11.3 Å². The van der Waals surface area contributed by atoms with Gasteiger partial charge in [0, 0.05) is 10.9 Å². The van der Waals surface area contributed by atoms with Gasteiger partial charge in [-0.2, -0.15) is 13.2 Å². The smallest absolute Gasteiger partial charge is 0.451 e. The SMILES string of the molecule is O=C(CSc1nc(C(F)(F)F)nc2ccccc12)c1ccc2c(c1)OCCO2. The van der Waals surface area contributed by atoms with Crippen LogP contribution in [0.15, 0.2) is 47.5 Å². The number of ketones is 1. The van der Waals surface area contributed by atoms with E-state index in [1.54, 1.807) is 36.4 Å². The van der Waals surface area contributed by atoms with Crippen LogP contribution in [0.5, 0.6) is 11.5 Å². The Balaban J connectivity index is 1.59. The lowest BCUT2D eigenvalue weighted by molar-refractivity contribution is -0.145. The molecule has 1 aliphatic rings. The predicted octanol–water partition coefficient (Wildman–Crippen LogP) is 4.39. The summed E-state index contributed by atoms with van der Waals surface area (Å²) in [4.78, 5) is 19.8. The van der Waals surface area contributed by atoms with Gasteiger partial charge in [0.2, 0.25) is 5.82 Å². The largest absolute Gasteiger partial charge is 0.486 e. The van der Waals surface area contributed by atoms with Crippen LogP contribution in [0.25, 0.3) is 10.9 Å². The molecule has 1 aliphatic heterocycles. The number of rotatable bonds is 4. The summed E-state index contributed by atoms with van der Waals surface area (Å²) in [6.45, 7) is 0.838. The Morgan fingerprint density at radius 3 is 2.57 bits per heavy atom. The number of carbonyl (C=O) groups excluding carboxylic acids is 1. The van der Waals surface area contributed by atoms with E-state index < -0.39 is 12.0 Å². The zero-order valence-electron chi connectivity index (χ0n) is 14.3. The molecule has 0 unspecified atom stereocenters. The van der Waals surface area contributed by atoms with Crippen LogP contribution in [-0.4, -0.2) is 34.7 Å². The van der Waals surface area contributed by atoms with E-state index in [-0.39, 0.29) is 22.1 Å². The third-order valence-electron chi connectivity index (χ3n) is 4.03. The van der Waals surface area contributed by atoms with Crippen LogP contribution in [0.4, 0.5) is 13.2 Å². The second-order valence-corrected chi connectivity index (χ2v) is 6.90. The molecule has 0 radical (unpaired) electrons. The topological polar surface area (TPSA) is 61.3 Å². The minimum atomic E-state index is -4.67. The van der Waals surface area contributed by atoms with E-state index in [4.69, 9.17) is 9.47 Å². The summed E-state index contributed by atoms with van der Waals surface area (Å²) in [6, 6.07) is 11.2. The lowest BCUT2D eigenvalue weighted by Gasteiger charge is -2.18. The van der Waals surface area contributed by atoms with Crippen LogP contribution >= 0.6 is 11.8 Å². The van der Waals surface area contributed by atoms with Crippen LogP contribution < -0.4 is 9.47 Å². The number of fused-ring (bicyclic) bond motifs is 2. The predicted molar refractivity (Wildman–Crippen MR) is 97.0 cm³/mol. The molecule has 2 heterocycles. The van der Waals surface area contributed by atoms with Gasteiger partial charge in [-0.25, -0.2) is 9.97 Å². The average Bonchev–Trinajstić information content (AvgIpc) is 2.70. The summed E-state index contributed by atoms with van der Waals surface area (Å²) in [7, 11) is 0. The van der Waals surface area contributed by atoms with Crippen molar-refractivity contribution in [2.75, 3.05) is 19.0 Å². The maximum absolute atomic E-state index is 13.1. The summed E-state index contributed by atoms with van der Waals surface area (Å²) in [5.41, 5.74) is 0.574. The fourth-order valence-electron chi connectivity index (χ4n) is 2.72. The first-order valence-electron chi connectivity index (χ1n) is 8.31. The molecular formula is C19H13F3N2O3S. The van der Waals surface area contributed by atoms with Gasteiger partial charge in [0.15, 0.2) is 17.3 Å². The Morgan fingerprint density at radius 2 is 1.79 bits per heavy atom. The Bertz CT molecular complexity index is 1060. The third-order valence-corrected chi connectivity index (χ3v) is 5.02. The van der Waals surface area contributed by atoms with E-state index in [1.165, 1.54) is 6.07 Å². The van der Waals surface area contributed by atoms with Crippen molar-refractivity contribution in [1.82, 2.24) is 9.97 Å². The van der Waals surface area contributed by atoms with Crippen LogP contribution in [0.1, 0.15) is 16.2 Å². The zero-order chi connectivity index (χ0) is 19.7. The van der Waals surface area contributed by atoms with Crippen LogP contribution in [0.2, 0.25) is 0 Å². The number of carbonyl (C=O) groups is 1. The molecule has 2 aromatic carbocycles. The van der Waals surface area contributed by atoms with E-state index in [1.807, 2.05) is 0 Å². The fraction of sp³-hybridized carbons (Fsp3) is 0.211. The Kier molecular flexibility index (Phi) is 4.84. The van der Waals surface area contributed by atoms with Crippen molar-refractivity contribution in [3.05, 3.63) is 53.9 Å². The van der Waals surface area contributed by atoms with Gasteiger partial charge < -0.3 is 9.47 Å². The minimum absolute atomic E-state index is 0.0715. The van der Waals surface area contributed by atoms with Crippen molar-refractivity contribution in [3.8, 4) is 11.5 Å². The molecule has 0 aliphatic carbocycles. The standard InChI is InChI=1S/C19H13F3N2O3S/c20-19(21,22)18-23-13-4-2-1-3-12(13)17(24-18)28-10-14(25)11-5-6-15-16(9-11)27-8-7-26-15/h1-6,9H,7-8,10H2. The Hall–Kier alpha value is -2.81. The highest BCUT2D eigenvalue weighted by Crippen LogP contribution is 2.34. The van der Waals surface area contributed by atoms with Crippen molar-refractivity contribution >= 4 is 28.4 Å². The van der Waals surface area contributed by atoms with E-state index in [0.29, 0.717) is 35.7 Å². The Morgan fingerprint density at radius 1 is 1.04 bits per heavy atom. The number of hydrogen-bond acceptors (Lipinski definition) is 6. The first-order chi connectivity index (χ1) is 13.4. The number of para-hydroxylation sites is 1. The van der Waals surface area contributed by atoms with Gasteiger partial charge in [-0.1, -0.05) is 30.0 Å². The number of aromatic nitrogens is 2. The minimum Gasteiger partial charge on any atom is -0.486 e. The highest BCUT2D eigenvalue weighted by Gasteiger charge is 2.35. The maximum Gasteiger partial charge on any atom is 0.451 e. The second-order valence-electron chi connectivity index (χ2n) is 5.94. The molecule has 1 aromatic heterocycles. The molecule has 5 nitrogen and oxygen atoms in total. The molecule has 0 fully saturated rings.